The number of nitrogens with zero attached hydrogens (tertiary/aromatic N) is 2. The van der Waals surface area contributed by atoms with Gasteiger partial charge in [0.15, 0.2) is 5.16 Å². The Kier molecular flexibility index (Phi) is 4.67. The lowest BCUT2D eigenvalue weighted by atomic mass is 9.96. The first-order valence-corrected chi connectivity index (χ1v) is 10.8. The lowest BCUT2D eigenvalue weighted by Crippen LogP contribution is -2.28. The zero-order chi connectivity index (χ0) is 18.4. The Morgan fingerprint density at radius 1 is 1.31 bits per heavy atom. The molecule has 0 N–H and O–H groups in total. The highest BCUT2D eigenvalue weighted by Crippen LogP contribution is 2.36. The van der Waals surface area contributed by atoms with Crippen molar-refractivity contribution in [1.29, 1.82) is 0 Å². The molecule has 0 unspecified atom stereocenters. The van der Waals surface area contributed by atoms with E-state index in [0.29, 0.717) is 12.5 Å². The van der Waals surface area contributed by atoms with E-state index in [1.54, 1.807) is 15.9 Å². The summed E-state index contributed by atoms with van der Waals surface area (Å²) in [5.41, 5.74) is 3.21. The van der Waals surface area contributed by atoms with Crippen molar-refractivity contribution in [1.82, 2.24) is 9.55 Å². The summed E-state index contributed by atoms with van der Waals surface area (Å²) in [7, 11) is 0. The largest absolute Gasteiger partial charge is 0.372 e. The van der Waals surface area contributed by atoms with Crippen LogP contribution < -0.4 is 5.56 Å². The van der Waals surface area contributed by atoms with Crippen LogP contribution in [0.15, 0.2) is 34.2 Å². The summed E-state index contributed by atoms with van der Waals surface area (Å²) in [5.74, 6) is 0.427. The fraction of sp³-hybridized carbons (Fsp3) is 0.400. The van der Waals surface area contributed by atoms with E-state index in [-0.39, 0.29) is 11.7 Å². The molecule has 6 heteroatoms. The minimum absolute atomic E-state index is 0.0325. The van der Waals surface area contributed by atoms with E-state index >= 15 is 0 Å². The third-order valence-corrected chi connectivity index (χ3v) is 6.67. The van der Waals surface area contributed by atoms with Crippen molar-refractivity contribution in [2.75, 3.05) is 6.26 Å². The molecule has 1 aliphatic heterocycles. The first-order valence-electron chi connectivity index (χ1n) is 8.79. The summed E-state index contributed by atoms with van der Waals surface area (Å²) < 4.78 is 7.74. The molecule has 4 rings (SSSR count). The SMILES string of the molecule is CSc1nc2sc3c(c2c(=O)n1-c1ccc(C)cc1)C[C@@H](C(C)C)OC3. The Hall–Kier alpha value is -1.63. The van der Waals surface area contributed by atoms with Crippen LogP contribution in [-0.2, 0) is 17.8 Å². The highest BCUT2D eigenvalue weighted by molar-refractivity contribution is 7.98. The molecule has 0 saturated heterocycles. The van der Waals surface area contributed by atoms with Crippen molar-refractivity contribution < 1.29 is 4.74 Å². The van der Waals surface area contributed by atoms with Gasteiger partial charge < -0.3 is 4.74 Å². The van der Waals surface area contributed by atoms with Crippen molar-refractivity contribution >= 4 is 33.3 Å². The molecule has 0 radical (unpaired) electrons. The van der Waals surface area contributed by atoms with E-state index < -0.39 is 0 Å². The second-order valence-electron chi connectivity index (χ2n) is 7.06. The first-order chi connectivity index (χ1) is 12.5. The molecule has 0 saturated carbocycles. The van der Waals surface area contributed by atoms with Crippen LogP contribution in [0.1, 0.15) is 29.9 Å². The van der Waals surface area contributed by atoms with Crippen LogP contribution in [0.5, 0.6) is 0 Å². The van der Waals surface area contributed by atoms with Crippen molar-refractivity contribution in [3.8, 4) is 5.69 Å². The Morgan fingerprint density at radius 3 is 2.69 bits per heavy atom. The average molecular weight is 387 g/mol. The van der Waals surface area contributed by atoms with Gasteiger partial charge in [-0.05, 0) is 36.8 Å². The number of thiophene rings is 1. The zero-order valence-corrected chi connectivity index (χ0v) is 17.0. The van der Waals surface area contributed by atoms with Crippen LogP contribution in [0.25, 0.3) is 15.9 Å². The van der Waals surface area contributed by atoms with Gasteiger partial charge in [0.05, 0.1) is 23.8 Å². The average Bonchev–Trinajstić information content (AvgIpc) is 3.00. The van der Waals surface area contributed by atoms with Crippen LogP contribution in [0.4, 0.5) is 0 Å². The molecule has 1 atom stereocenters. The number of ether oxygens (including phenoxy) is 1. The van der Waals surface area contributed by atoms with E-state index in [9.17, 15) is 4.79 Å². The highest BCUT2D eigenvalue weighted by Gasteiger charge is 2.28. The standard InChI is InChI=1S/C20H22N2O2S2/c1-11(2)15-9-14-16(10-24-15)26-18-17(14)19(23)22(20(21-18)25-4)13-7-5-12(3)6-8-13/h5-8,11,15H,9-10H2,1-4H3/t15-/m0/s1. The van der Waals surface area contributed by atoms with Gasteiger partial charge in [0.1, 0.15) is 4.83 Å². The van der Waals surface area contributed by atoms with Gasteiger partial charge in [0.2, 0.25) is 0 Å². The van der Waals surface area contributed by atoms with Crippen molar-refractivity contribution in [3.05, 3.63) is 50.6 Å². The lowest BCUT2D eigenvalue weighted by Gasteiger charge is -2.26. The predicted molar refractivity (Wildman–Crippen MR) is 109 cm³/mol. The van der Waals surface area contributed by atoms with E-state index in [1.807, 2.05) is 37.4 Å². The zero-order valence-electron chi connectivity index (χ0n) is 15.4. The topological polar surface area (TPSA) is 44.1 Å². The van der Waals surface area contributed by atoms with Crippen molar-refractivity contribution in [2.24, 2.45) is 5.92 Å². The molecule has 3 aromatic rings. The van der Waals surface area contributed by atoms with Crippen LogP contribution in [-0.4, -0.2) is 21.9 Å². The molecule has 1 aliphatic rings. The number of thioether (sulfide) groups is 1. The third-order valence-electron chi connectivity index (χ3n) is 4.93. The molecule has 1 aromatic carbocycles. The Labute approximate surface area is 161 Å². The smallest absolute Gasteiger partial charge is 0.267 e. The molecule has 26 heavy (non-hydrogen) atoms. The van der Waals surface area contributed by atoms with E-state index in [4.69, 9.17) is 9.72 Å². The summed E-state index contributed by atoms with van der Waals surface area (Å²) in [6.45, 7) is 6.96. The molecule has 0 amide bonds. The van der Waals surface area contributed by atoms with E-state index in [1.165, 1.54) is 17.3 Å². The maximum Gasteiger partial charge on any atom is 0.267 e. The maximum absolute atomic E-state index is 13.5. The summed E-state index contributed by atoms with van der Waals surface area (Å²) in [6, 6.07) is 8.04. The first kappa shape index (κ1) is 17.8. The van der Waals surface area contributed by atoms with Gasteiger partial charge in [-0.15, -0.1) is 11.3 Å². The fourth-order valence-corrected chi connectivity index (χ4v) is 5.12. The van der Waals surface area contributed by atoms with Gasteiger partial charge >= 0.3 is 0 Å². The number of rotatable bonds is 3. The van der Waals surface area contributed by atoms with Crippen LogP contribution in [0, 0.1) is 12.8 Å². The summed E-state index contributed by atoms with van der Waals surface area (Å²) in [5, 5.41) is 1.50. The number of benzene rings is 1. The third kappa shape index (κ3) is 2.90. The Morgan fingerprint density at radius 2 is 2.04 bits per heavy atom. The number of aryl methyl sites for hydroxylation is 1. The highest BCUT2D eigenvalue weighted by atomic mass is 32.2. The second kappa shape index (κ2) is 6.83. The maximum atomic E-state index is 13.5. The molecular formula is C20H22N2O2S2. The number of fused-ring (bicyclic) bond motifs is 3. The van der Waals surface area contributed by atoms with Gasteiger partial charge in [0, 0.05) is 11.3 Å². The fourth-order valence-electron chi connectivity index (χ4n) is 3.39. The summed E-state index contributed by atoms with van der Waals surface area (Å²) in [4.78, 5) is 20.3. The normalized spacial score (nSPS) is 17.0. The number of hydrogen-bond donors (Lipinski definition) is 0. The lowest BCUT2D eigenvalue weighted by molar-refractivity contribution is 0.00200. The van der Waals surface area contributed by atoms with Gasteiger partial charge in [-0.25, -0.2) is 4.98 Å². The summed E-state index contributed by atoms with van der Waals surface area (Å²) >= 11 is 3.10. The Balaban J connectivity index is 1.96. The predicted octanol–water partition coefficient (Wildman–Crippen LogP) is 4.57. The number of hydrogen-bond acceptors (Lipinski definition) is 5. The van der Waals surface area contributed by atoms with Crippen LogP contribution in [0.3, 0.4) is 0 Å². The molecule has 136 valence electrons. The van der Waals surface area contributed by atoms with Crippen LogP contribution >= 0.6 is 23.1 Å². The molecule has 0 bridgehead atoms. The van der Waals surface area contributed by atoms with Crippen molar-refractivity contribution in [2.45, 2.75) is 45.1 Å². The monoisotopic (exact) mass is 386 g/mol. The molecular weight excluding hydrogens is 364 g/mol. The van der Waals surface area contributed by atoms with Gasteiger partial charge in [-0.2, -0.15) is 0 Å². The van der Waals surface area contributed by atoms with Gasteiger partial charge in [0.25, 0.3) is 5.56 Å². The summed E-state index contributed by atoms with van der Waals surface area (Å²) in [6.07, 6.45) is 2.91. The molecule has 0 aliphatic carbocycles. The molecule has 4 nitrogen and oxygen atoms in total. The van der Waals surface area contributed by atoms with Gasteiger partial charge in [-0.1, -0.05) is 43.3 Å². The number of aromatic nitrogens is 2. The molecule has 2 aromatic heterocycles. The molecule has 0 fully saturated rings. The van der Waals surface area contributed by atoms with Crippen molar-refractivity contribution in [3.63, 3.8) is 0 Å². The van der Waals surface area contributed by atoms with Crippen LogP contribution in [0.2, 0.25) is 0 Å². The second-order valence-corrected chi connectivity index (χ2v) is 8.91. The molecule has 3 heterocycles. The minimum atomic E-state index is 0.0325. The van der Waals surface area contributed by atoms with E-state index in [0.717, 1.165) is 37.9 Å². The quantitative estimate of drug-likeness (QED) is 0.488. The van der Waals surface area contributed by atoms with E-state index in [2.05, 4.69) is 13.8 Å². The van der Waals surface area contributed by atoms with Gasteiger partial charge in [-0.3, -0.25) is 9.36 Å². The molecule has 0 spiro atoms. The minimum Gasteiger partial charge on any atom is -0.372 e. The Bertz CT molecular complexity index is 1020.